The summed E-state index contributed by atoms with van der Waals surface area (Å²) in [4.78, 5) is 0. The predicted molar refractivity (Wildman–Crippen MR) is 185 cm³/mol. The van der Waals surface area contributed by atoms with E-state index in [1.54, 1.807) is 0 Å². The van der Waals surface area contributed by atoms with E-state index in [0.717, 1.165) is 0 Å². The maximum Gasteiger partial charge on any atom is -0.0139 e. The molecule has 0 heterocycles. The van der Waals surface area contributed by atoms with Crippen LogP contribution in [-0.4, -0.2) is 0 Å². The van der Waals surface area contributed by atoms with Crippen LogP contribution in [0.4, 0.5) is 0 Å². The molecule has 0 nitrogen and oxygen atoms in total. The first kappa shape index (κ1) is 26.5. The summed E-state index contributed by atoms with van der Waals surface area (Å²) in [5.41, 5.74) is 10.6. The maximum atomic E-state index is 2.39. The van der Waals surface area contributed by atoms with E-state index < -0.39 is 0 Å². The molecule has 42 heavy (non-hydrogen) atoms. The molecule has 0 aliphatic heterocycles. The van der Waals surface area contributed by atoms with Crippen molar-refractivity contribution >= 4 is 43.1 Å². The third kappa shape index (κ3) is 4.47. The SMILES string of the molecule is Cc1c2ccc(-c3ccc4cc(C(C)C)ccc4c3)cc2c(C)c2ccc(-c3ccc4cc(C(C)C)ccc4c3)cc12. The van der Waals surface area contributed by atoms with E-state index in [1.165, 1.54) is 87.6 Å². The summed E-state index contributed by atoms with van der Waals surface area (Å²) in [5, 5.41) is 10.6. The van der Waals surface area contributed by atoms with Crippen LogP contribution < -0.4 is 0 Å². The summed E-state index contributed by atoms with van der Waals surface area (Å²) in [6, 6.07) is 41.5. The Labute approximate surface area is 249 Å². The zero-order valence-electron chi connectivity index (χ0n) is 25.5. The number of benzene rings is 7. The van der Waals surface area contributed by atoms with Gasteiger partial charge in [-0.3, -0.25) is 0 Å². The second-order valence-corrected chi connectivity index (χ2v) is 12.7. The molecule has 0 spiro atoms. The van der Waals surface area contributed by atoms with Gasteiger partial charge in [0.1, 0.15) is 0 Å². The van der Waals surface area contributed by atoms with Gasteiger partial charge in [0.2, 0.25) is 0 Å². The summed E-state index contributed by atoms with van der Waals surface area (Å²) >= 11 is 0. The molecule has 0 radical (unpaired) electrons. The van der Waals surface area contributed by atoms with E-state index in [0.29, 0.717) is 11.8 Å². The normalized spacial score (nSPS) is 12.0. The molecular formula is C42H38. The topological polar surface area (TPSA) is 0 Å². The number of rotatable bonds is 4. The lowest BCUT2D eigenvalue weighted by Gasteiger charge is -2.15. The molecule has 0 bridgehead atoms. The third-order valence-corrected chi connectivity index (χ3v) is 9.38. The minimum absolute atomic E-state index is 0.539. The van der Waals surface area contributed by atoms with Crippen molar-refractivity contribution < 1.29 is 0 Å². The van der Waals surface area contributed by atoms with Crippen molar-refractivity contribution in [3.63, 3.8) is 0 Å². The van der Waals surface area contributed by atoms with Crippen molar-refractivity contribution in [3.8, 4) is 22.3 Å². The summed E-state index contributed by atoms with van der Waals surface area (Å²) in [6.07, 6.45) is 0. The van der Waals surface area contributed by atoms with Gasteiger partial charge in [0.15, 0.2) is 0 Å². The smallest absolute Gasteiger partial charge is 0.0139 e. The fraction of sp³-hybridized carbons (Fsp3) is 0.190. The molecular weight excluding hydrogens is 504 g/mol. The molecule has 0 saturated carbocycles. The Morgan fingerprint density at radius 2 is 0.667 bits per heavy atom. The molecule has 0 saturated heterocycles. The minimum atomic E-state index is 0.539. The van der Waals surface area contributed by atoms with Crippen LogP contribution in [0.2, 0.25) is 0 Å². The fourth-order valence-electron chi connectivity index (χ4n) is 6.62. The van der Waals surface area contributed by atoms with E-state index >= 15 is 0 Å². The minimum Gasteiger partial charge on any atom is -0.0587 e. The van der Waals surface area contributed by atoms with Crippen LogP contribution in [0.3, 0.4) is 0 Å². The van der Waals surface area contributed by atoms with Gasteiger partial charge in [-0.25, -0.2) is 0 Å². The molecule has 0 fully saturated rings. The Kier molecular flexibility index (Phi) is 6.39. The molecule has 7 aromatic carbocycles. The standard InChI is InChI=1S/C42H38/c1-25(2)29-7-9-33-21-35(13-11-31(33)19-29)37-15-17-39-28(6)42-24-38(16-18-40(42)27(5)41(39)23-37)36-14-12-32-20-30(26(3)4)8-10-34(32)22-36/h7-26H,1-6H3. The van der Waals surface area contributed by atoms with Gasteiger partial charge in [-0.1, -0.05) is 113 Å². The largest absolute Gasteiger partial charge is 0.0587 e. The van der Waals surface area contributed by atoms with E-state index in [-0.39, 0.29) is 0 Å². The fourth-order valence-corrected chi connectivity index (χ4v) is 6.62. The third-order valence-electron chi connectivity index (χ3n) is 9.38. The lowest BCUT2D eigenvalue weighted by Crippen LogP contribution is -1.91. The van der Waals surface area contributed by atoms with Crippen molar-refractivity contribution in [1.82, 2.24) is 0 Å². The number of hydrogen-bond acceptors (Lipinski definition) is 0. The van der Waals surface area contributed by atoms with Gasteiger partial charge < -0.3 is 0 Å². The Balaban J connectivity index is 1.30. The van der Waals surface area contributed by atoms with E-state index in [2.05, 4.69) is 151 Å². The van der Waals surface area contributed by atoms with Gasteiger partial charge in [0.25, 0.3) is 0 Å². The zero-order chi connectivity index (χ0) is 29.1. The van der Waals surface area contributed by atoms with Crippen LogP contribution in [0, 0.1) is 13.8 Å². The molecule has 0 unspecified atom stereocenters. The molecule has 0 aromatic heterocycles. The van der Waals surface area contributed by atoms with Crippen LogP contribution in [0.25, 0.3) is 65.3 Å². The van der Waals surface area contributed by atoms with Gasteiger partial charge in [0.05, 0.1) is 0 Å². The molecule has 0 heteroatoms. The lowest BCUT2D eigenvalue weighted by atomic mass is 9.89. The Morgan fingerprint density at radius 3 is 1.07 bits per heavy atom. The van der Waals surface area contributed by atoms with Crippen LogP contribution in [0.1, 0.15) is 61.8 Å². The summed E-state index contributed by atoms with van der Waals surface area (Å²) < 4.78 is 0. The predicted octanol–water partition coefficient (Wildman–Crippen LogP) is 12.5. The van der Waals surface area contributed by atoms with Crippen molar-refractivity contribution in [2.24, 2.45) is 0 Å². The van der Waals surface area contributed by atoms with Crippen LogP contribution in [0.15, 0.2) is 109 Å². The Bertz CT molecular complexity index is 2000. The van der Waals surface area contributed by atoms with Gasteiger partial charge in [-0.05, 0) is 138 Å². The van der Waals surface area contributed by atoms with Gasteiger partial charge in [0, 0.05) is 0 Å². The number of aryl methyl sites for hydroxylation is 2. The molecule has 0 N–H and O–H groups in total. The first-order valence-corrected chi connectivity index (χ1v) is 15.3. The Morgan fingerprint density at radius 1 is 0.333 bits per heavy atom. The second-order valence-electron chi connectivity index (χ2n) is 12.7. The van der Waals surface area contributed by atoms with E-state index in [4.69, 9.17) is 0 Å². The number of hydrogen-bond donors (Lipinski definition) is 0. The van der Waals surface area contributed by atoms with Gasteiger partial charge in [-0.2, -0.15) is 0 Å². The Hall–Kier alpha value is -4.42. The van der Waals surface area contributed by atoms with Crippen molar-refractivity contribution in [2.75, 3.05) is 0 Å². The molecule has 0 atom stereocenters. The van der Waals surface area contributed by atoms with Crippen LogP contribution in [0.5, 0.6) is 0 Å². The highest BCUT2D eigenvalue weighted by atomic mass is 14.2. The summed E-state index contributed by atoms with van der Waals surface area (Å²) in [7, 11) is 0. The average molecular weight is 543 g/mol. The van der Waals surface area contributed by atoms with Gasteiger partial charge in [-0.15, -0.1) is 0 Å². The molecule has 0 amide bonds. The van der Waals surface area contributed by atoms with Crippen molar-refractivity contribution in [2.45, 2.75) is 53.4 Å². The molecule has 0 aliphatic carbocycles. The highest BCUT2D eigenvalue weighted by Gasteiger charge is 2.13. The monoisotopic (exact) mass is 542 g/mol. The molecule has 0 aliphatic rings. The first-order chi connectivity index (χ1) is 20.3. The van der Waals surface area contributed by atoms with Crippen LogP contribution in [-0.2, 0) is 0 Å². The van der Waals surface area contributed by atoms with Crippen molar-refractivity contribution in [3.05, 3.63) is 131 Å². The second kappa shape index (κ2) is 10.1. The number of fused-ring (bicyclic) bond motifs is 4. The maximum absolute atomic E-state index is 2.39. The summed E-state index contributed by atoms with van der Waals surface area (Å²) in [6.45, 7) is 13.6. The highest BCUT2D eigenvalue weighted by Crippen LogP contribution is 2.38. The quantitative estimate of drug-likeness (QED) is 0.194. The molecule has 206 valence electrons. The highest BCUT2D eigenvalue weighted by molar-refractivity contribution is 6.08. The average Bonchev–Trinajstić information content (AvgIpc) is 3.02. The van der Waals surface area contributed by atoms with E-state index in [1.807, 2.05) is 0 Å². The summed E-state index contributed by atoms with van der Waals surface area (Å²) in [5.74, 6) is 1.08. The molecule has 7 aromatic rings. The van der Waals surface area contributed by atoms with Gasteiger partial charge >= 0.3 is 0 Å². The van der Waals surface area contributed by atoms with Crippen molar-refractivity contribution in [1.29, 1.82) is 0 Å². The zero-order valence-corrected chi connectivity index (χ0v) is 25.5. The lowest BCUT2D eigenvalue weighted by molar-refractivity contribution is 0.869. The van der Waals surface area contributed by atoms with E-state index in [9.17, 15) is 0 Å². The molecule has 7 rings (SSSR count). The van der Waals surface area contributed by atoms with Crippen LogP contribution >= 0.6 is 0 Å². The first-order valence-electron chi connectivity index (χ1n) is 15.3.